The van der Waals surface area contributed by atoms with E-state index in [1.54, 1.807) is 0 Å². The van der Waals surface area contributed by atoms with Crippen LogP contribution in [0.5, 0.6) is 0 Å². The summed E-state index contributed by atoms with van der Waals surface area (Å²) in [7, 11) is 0. The first-order valence-electron chi connectivity index (χ1n) is 5.01. The molecule has 0 aliphatic rings. The molecule has 2 aromatic heterocycles. The predicted octanol–water partition coefficient (Wildman–Crippen LogP) is 3.35. The minimum absolute atomic E-state index is 0.851. The molecule has 0 aliphatic carbocycles. The van der Waals surface area contributed by atoms with Crippen molar-refractivity contribution in [1.82, 2.24) is 4.98 Å². The number of aromatic nitrogens is 1. The van der Waals surface area contributed by atoms with Gasteiger partial charge >= 0.3 is 0 Å². The first-order valence-corrected chi connectivity index (χ1v) is 5.01. The van der Waals surface area contributed by atoms with Crippen molar-refractivity contribution in [2.24, 2.45) is 0 Å². The molecule has 2 heteroatoms. The van der Waals surface area contributed by atoms with E-state index in [9.17, 15) is 0 Å². The summed E-state index contributed by atoms with van der Waals surface area (Å²) in [5, 5.41) is 0. The maximum atomic E-state index is 5.68. The quantitative estimate of drug-likeness (QED) is 0.670. The van der Waals surface area contributed by atoms with Crippen LogP contribution in [0.25, 0.3) is 11.1 Å². The summed E-state index contributed by atoms with van der Waals surface area (Å²) in [5.41, 5.74) is 3.27. The first-order chi connectivity index (χ1) is 7.42. The third-order valence-electron chi connectivity index (χ3n) is 2.51. The van der Waals surface area contributed by atoms with Crippen LogP contribution in [-0.4, -0.2) is 4.98 Å². The van der Waals surface area contributed by atoms with Crippen molar-refractivity contribution in [3.8, 4) is 0 Å². The van der Waals surface area contributed by atoms with E-state index < -0.39 is 0 Å². The number of rotatable bonds is 2. The molecule has 0 saturated carbocycles. The maximum Gasteiger partial charge on any atom is 0.151 e. The minimum Gasteiger partial charge on any atom is -0.459 e. The zero-order valence-corrected chi connectivity index (χ0v) is 8.23. The van der Waals surface area contributed by atoms with Gasteiger partial charge in [-0.1, -0.05) is 30.3 Å². The van der Waals surface area contributed by atoms with Gasteiger partial charge in [0, 0.05) is 18.7 Å². The highest BCUT2D eigenvalue weighted by atomic mass is 16.3. The first kappa shape index (κ1) is 8.36. The molecule has 3 rings (SSSR count). The molecule has 0 bridgehead atoms. The molecule has 0 spiro atoms. The summed E-state index contributed by atoms with van der Waals surface area (Å²) in [6, 6.07) is 14.3. The molecule has 3 aromatic rings. The van der Waals surface area contributed by atoms with Gasteiger partial charge in [-0.05, 0) is 11.6 Å². The lowest BCUT2D eigenvalue weighted by molar-refractivity contribution is 0.563. The van der Waals surface area contributed by atoms with Gasteiger partial charge in [-0.15, -0.1) is 0 Å². The van der Waals surface area contributed by atoms with Gasteiger partial charge in [0.15, 0.2) is 5.58 Å². The largest absolute Gasteiger partial charge is 0.459 e. The molecule has 0 unspecified atom stereocenters. The standard InChI is InChI=1S/C13H11NO/c1-2-4-10(5-3-1)8-11-9-12-13(15-11)6-7-14-12/h1-7,9,14H,8H2. The van der Waals surface area contributed by atoms with E-state index in [2.05, 4.69) is 23.2 Å². The molecule has 1 aromatic carbocycles. The van der Waals surface area contributed by atoms with Gasteiger partial charge in [0.25, 0.3) is 0 Å². The Morgan fingerprint density at radius 3 is 2.73 bits per heavy atom. The van der Waals surface area contributed by atoms with Gasteiger partial charge in [0.1, 0.15) is 5.76 Å². The van der Waals surface area contributed by atoms with Crippen LogP contribution < -0.4 is 0 Å². The second kappa shape index (κ2) is 3.31. The van der Waals surface area contributed by atoms with Crippen LogP contribution in [-0.2, 0) is 6.42 Å². The van der Waals surface area contributed by atoms with E-state index in [-0.39, 0.29) is 0 Å². The molecule has 2 heterocycles. The summed E-state index contributed by atoms with van der Waals surface area (Å²) in [5.74, 6) is 1.00. The smallest absolute Gasteiger partial charge is 0.151 e. The second-order valence-corrected chi connectivity index (χ2v) is 3.63. The molecule has 0 radical (unpaired) electrons. The zero-order chi connectivity index (χ0) is 10.1. The second-order valence-electron chi connectivity index (χ2n) is 3.63. The molecule has 0 atom stereocenters. The number of benzene rings is 1. The van der Waals surface area contributed by atoms with Crippen molar-refractivity contribution in [1.29, 1.82) is 0 Å². The van der Waals surface area contributed by atoms with Gasteiger partial charge in [-0.3, -0.25) is 0 Å². The zero-order valence-electron chi connectivity index (χ0n) is 8.23. The highest BCUT2D eigenvalue weighted by Gasteiger charge is 2.04. The van der Waals surface area contributed by atoms with E-state index in [0.717, 1.165) is 23.3 Å². The van der Waals surface area contributed by atoms with Crippen LogP contribution in [0.1, 0.15) is 11.3 Å². The molecule has 0 amide bonds. The lowest BCUT2D eigenvalue weighted by Crippen LogP contribution is -1.83. The summed E-state index contributed by atoms with van der Waals surface area (Å²) >= 11 is 0. The Morgan fingerprint density at radius 2 is 1.93 bits per heavy atom. The monoisotopic (exact) mass is 197 g/mol. The summed E-state index contributed by atoms with van der Waals surface area (Å²) < 4.78 is 5.68. The van der Waals surface area contributed by atoms with Crippen molar-refractivity contribution in [2.75, 3.05) is 0 Å². The van der Waals surface area contributed by atoms with Crippen molar-refractivity contribution < 1.29 is 4.42 Å². The number of fused-ring (bicyclic) bond motifs is 1. The number of nitrogens with one attached hydrogen (secondary N) is 1. The summed E-state index contributed by atoms with van der Waals surface area (Å²) in [6.07, 6.45) is 2.74. The number of hydrogen-bond donors (Lipinski definition) is 1. The van der Waals surface area contributed by atoms with Crippen molar-refractivity contribution in [3.63, 3.8) is 0 Å². The summed E-state index contributed by atoms with van der Waals surface area (Å²) in [6.45, 7) is 0. The van der Waals surface area contributed by atoms with Crippen LogP contribution in [0.2, 0.25) is 0 Å². The maximum absolute atomic E-state index is 5.68. The molecule has 1 N–H and O–H groups in total. The Labute approximate surface area is 87.5 Å². The van der Waals surface area contributed by atoms with Gasteiger partial charge in [-0.25, -0.2) is 0 Å². The number of hydrogen-bond acceptors (Lipinski definition) is 1. The van der Waals surface area contributed by atoms with E-state index >= 15 is 0 Å². The third-order valence-corrected chi connectivity index (χ3v) is 2.51. The Morgan fingerprint density at radius 1 is 1.07 bits per heavy atom. The molecule has 0 aliphatic heterocycles. The van der Waals surface area contributed by atoms with E-state index in [0.29, 0.717) is 0 Å². The normalized spacial score (nSPS) is 10.9. The SMILES string of the molecule is c1ccc(Cc2cc3[nH]ccc3o2)cc1. The van der Waals surface area contributed by atoms with Gasteiger partial charge in [0.2, 0.25) is 0 Å². The van der Waals surface area contributed by atoms with E-state index in [1.807, 2.05) is 30.5 Å². The molecule has 0 fully saturated rings. The number of H-pyrrole nitrogens is 1. The highest BCUT2D eigenvalue weighted by Crippen LogP contribution is 2.19. The Kier molecular flexibility index (Phi) is 1.85. The topological polar surface area (TPSA) is 28.9 Å². The molecular formula is C13H11NO. The van der Waals surface area contributed by atoms with Gasteiger partial charge < -0.3 is 9.40 Å². The predicted molar refractivity (Wildman–Crippen MR) is 59.8 cm³/mol. The third kappa shape index (κ3) is 1.54. The molecule has 0 saturated heterocycles. The molecule has 74 valence electrons. The lowest BCUT2D eigenvalue weighted by Gasteiger charge is -1.96. The average Bonchev–Trinajstić information content (AvgIpc) is 2.79. The number of furan rings is 1. The van der Waals surface area contributed by atoms with Crippen molar-refractivity contribution in [2.45, 2.75) is 6.42 Å². The van der Waals surface area contributed by atoms with Crippen LogP contribution >= 0.6 is 0 Å². The van der Waals surface area contributed by atoms with E-state index in [1.165, 1.54) is 5.56 Å². The van der Waals surface area contributed by atoms with E-state index in [4.69, 9.17) is 4.42 Å². The average molecular weight is 197 g/mol. The molecular weight excluding hydrogens is 186 g/mol. The lowest BCUT2D eigenvalue weighted by atomic mass is 10.1. The molecule has 2 nitrogen and oxygen atoms in total. The molecule has 15 heavy (non-hydrogen) atoms. The Hall–Kier alpha value is -1.96. The van der Waals surface area contributed by atoms with Gasteiger partial charge in [0.05, 0.1) is 5.52 Å². The highest BCUT2D eigenvalue weighted by molar-refractivity contribution is 5.73. The fourth-order valence-corrected chi connectivity index (χ4v) is 1.79. The Bertz CT molecular complexity index is 534. The fraction of sp³-hybridized carbons (Fsp3) is 0.0769. The minimum atomic E-state index is 0.851. The van der Waals surface area contributed by atoms with Crippen molar-refractivity contribution >= 4 is 11.1 Å². The van der Waals surface area contributed by atoms with Gasteiger partial charge in [-0.2, -0.15) is 0 Å². The van der Waals surface area contributed by atoms with Crippen LogP contribution in [0.3, 0.4) is 0 Å². The van der Waals surface area contributed by atoms with Crippen LogP contribution in [0, 0.1) is 0 Å². The summed E-state index contributed by atoms with van der Waals surface area (Å²) in [4.78, 5) is 3.13. The van der Waals surface area contributed by atoms with Crippen LogP contribution in [0.4, 0.5) is 0 Å². The number of aromatic amines is 1. The van der Waals surface area contributed by atoms with Crippen molar-refractivity contribution in [3.05, 3.63) is 60.0 Å². The Balaban J connectivity index is 1.93. The van der Waals surface area contributed by atoms with Crippen LogP contribution in [0.15, 0.2) is 53.1 Å². The fourth-order valence-electron chi connectivity index (χ4n) is 1.79.